The molecule has 21 heavy (non-hydrogen) atoms. The smallest absolute Gasteiger partial charge is 0.0715 e. The Morgan fingerprint density at radius 3 is 1.24 bits per heavy atom. The highest BCUT2D eigenvalue weighted by molar-refractivity contribution is 7.11. The number of rotatable bonds is 6. The summed E-state index contributed by atoms with van der Waals surface area (Å²) < 4.78 is 0. The monoisotopic (exact) mass is 326 g/mol. The van der Waals surface area contributed by atoms with Crippen molar-refractivity contribution in [1.29, 1.82) is 0 Å². The van der Waals surface area contributed by atoms with Gasteiger partial charge in [-0.25, -0.2) is 0 Å². The predicted octanol–water partition coefficient (Wildman–Crippen LogP) is 3.84. The Bertz CT molecular complexity index is 483. The van der Waals surface area contributed by atoms with Crippen LogP contribution in [-0.2, 0) is 0 Å². The predicted molar refractivity (Wildman–Crippen MR) is 102 cm³/mol. The Morgan fingerprint density at radius 1 is 0.619 bits per heavy atom. The van der Waals surface area contributed by atoms with E-state index in [0.29, 0.717) is 0 Å². The van der Waals surface area contributed by atoms with Crippen LogP contribution in [0.1, 0.15) is 0 Å². The Labute approximate surface area is 134 Å². The van der Waals surface area contributed by atoms with Crippen LogP contribution in [0.5, 0.6) is 0 Å². The van der Waals surface area contributed by atoms with Gasteiger partial charge < -0.3 is 0 Å². The van der Waals surface area contributed by atoms with Crippen LogP contribution in [0.4, 0.5) is 0 Å². The van der Waals surface area contributed by atoms with E-state index >= 15 is 0 Å². The average molecular weight is 327 g/mol. The standard InChI is InChI=1S/C18H26Si3/c1-19(2)15-21(16-20(3)4,17-11-7-5-8-12-17)18-13-9-6-10-14-18/h5-14H,15-16H2,1-4H3. The molecule has 0 heterocycles. The van der Waals surface area contributed by atoms with Crippen LogP contribution in [0, 0.1) is 0 Å². The third-order valence-electron chi connectivity index (χ3n) is 3.96. The van der Waals surface area contributed by atoms with Crippen molar-refractivity contribution in [2.24, 2.45) is 0 Å². The second-order valence-corrected chi connectivity index (χ2v) is 17.6. The van der Waals surface area contributed by atoms with E-state index < -0.39 is 8.07 Å². The molecule has 0 nitrogen and oxygen atoms in total. The van der Waals surface area contributed by atoms with Crippen LogP contribution in [-0.4, -0.2) is 25.7 Å². The van der Waals surface area contributed by atoms with E-state index in [0.717, 1.165) is 0 Å². The van der Waals surface area contributed by atoms with Crippen LogP contribution in [0.25, 0.3) is 0 Å². The van der Waals surface area contributed by atoms with E-state index in [2.05, 4.69) is 86.9 Å². The van der Waals surface area contributed by atoms with Crippen molar-refractivity contribution in [2.45, 2.75) is 37.5 Å². The zero-order valence-corrected chi connectivity index (χ0v) is 16.7. The van der Waals surface area contributed by atoms with Crippen molar-refractivity contribution in [3.8, 4) is 0 Å². The molecule has 0 amide bonds. The average Bonchev–Trinajstić information content (AvgIpc) is 2.47. The molecule has 2 radical (unpaired) electrons. The van der Waals surface area contributed by atoms with E-state index in [-0.39, 0.29) is 17.6 Å². The van der Waals surface area contributed by atoms with Gasteiger partial charge in [0.25, 0.3) is 0 Å². The third-order valence-corrected chi connectivity index (χ3v) is 17.3. The van der Waals surface area contributed by atoms with Crippen molar-refractivity contribution < 1.29 is 0 Å². The van der Waals surface area contributed by atoms with Gasteiger partial charge in [-0.15, -0.1) is 0 Å². The van der Waals surface area contributed by atoms with Gasteiger partial charge in [-0.3, -0.25) is 0 Å². The lowest BCUT2D eigenvalue weighted by atomic mass is 10.4. The minimum atomic E-state index is -1.58. The first-order chi connectivity index (χ1) is 10.0. The van der Waals surface area contributed by atoms with Crippen molar-refractivity contribution in [3.05, 3.63) is 60.7 Å². The molecule has 0 N–H and O–H groups in total. The Balaban J connectivity index is 2.59. The fourth-order valence-electron chi connectivity index (χ4n) is 3.36. The molecule has 110 valence electrons. The van der Waals surface area contributed by atoms with Crippen molar-refractivity contribution in [2.75, 3.05) is 0 Å². The molecule has 0 aliphatic rings. The Morgan fingerprint density at radius 2 is 0.952 bits per heavy atom. The summed E-state index contributed by atoms with van der Waals surface area (Å²) in [5.74, 6) is 0. The minimum Gasteiger partial charge on any atom is -0.0715 e. The molecule has 0 atom stereocenters. The van der Waals surface area contributed by atoms with E-state index in [1.165, 1.54) is 11.3 Å². The lowest BCUT2D eigenvalue weighted by molar-refractivity contribution is 1.55. The molecule has 0 spiro atoms. The molecule has 0 aliphatic carbocycles. The number of hydrogen-bond donors (Lipinski definition) is 0. The zero-order valence-electron chi connectivity index (χ0n) is 13.7. The third kappa shape index (κ3) is 4.05. The summed E-state index contributed by atoms with van der Waals surface area (Å²) in [4.78, 5) is 0. The molecule has 0 bridgehead atoms. The van der Waals surface area contributed by atoms with E-state index in [1.807, 2.05) is 0 Å². The summed E-state index contributed by atoms with van der Waals surface area (Å²) in [6.45, 7) is 9.93. The summed E-state index contributed by atoms with van der Waals surface area (Å²) in [5, 5.41) is 3.29. The first kappa shape index (κ1) is 16.5. The molecule has 2 aromatic carbocycles. The van der Waals surface area contributed by atoms with Gasteiger partial charge in [-0.1, -0.05) is 109 Å². The molecular formula is C18H26Si3. The van der Waals surface area contributed by atoms with Crippen LogP contribution < -0.4 is 10.4 Å². The summed E-state index contributed by atoms with van der Waals surface area (Å²) in [6, 6.07) is 22.8. The summed E-state index contributed by atoms with van der Waals surface area (Å²) in [6.07, 6.45) is 0. The Hall–Kier alpha value is -0.909. The maximum absolute atomic E-state index is 2.48. The molecule has 3 heteroatoms. The zero-order chi connectivity index (χ0) is 15.3. The van der Waals surface area contributed by atoms with Gasteiger partial charge in [-0.05, 0) is 0 Å². The lowest BCUT2D eigenvalue weighted by Crippen LogP contribution is -2.61. The summed E-state index contributed by atoms with van der Waals surface area (Å²) >= 11 is 0. The number of hydrogen-bond acceptors (Lipinski definition) is 0. The molecular weight excluding hydrogens is 300 g/mol. The highest BCUT2D eigenvalue weighted by Gasteiger charge is 2.38. The van der Waals surface area contributed by atoms with Gasteiger partial charge in [-0.2, -0.15) is 0 Å². The molecule has 0 unspecified atom stereocenters. The van der Waals surface area contributed by atoms with Gasteiger partial charge in [0.1, 0.15) is 8.07 Å². The quantitative estimate of drug-likeness (QED) is 0.708. The molecule has 0 saturated carbocycles. The largest absolute Gasteiger partial charge is 0.112 e. The van der Waals surface area contributed by atoms with Crippen molar-refractivity contribution in [1.82, 2.24) is 0 Å². The molecule has 0 aromatic heterocycles. The first-order valence-corrected chi connectivity index (χ1v) is 15.6. The van der Waals surface area contributed by atoms with Crippen LogP contribution in [0.2, 0.25) is 37.5 Å². The second-order valence-electron chi connectivity index (χ2n) is 6.58. The summed E-state index contributed by atoms with van der Waals surface area (Å²) in [5.41, 5.74) is 2.92. The van der Waals surface area contributed by atoms with E-state index in [4.69, 9.17) is 0 Å². The molecule has 2 aromatic rings. The molecule has 2 rings (SSSR count). The first-order valence-electron chi connectivity index (χ1n) is 7.74. The highest BCUT2D eigenvalue weighted by atomic mass is 28.4. The number of benzene rings is 2. The van der Waals surface area contributed by atoms with Gasteiger partial charge in [0.05, 0.1) is 0 Å². The van der Waals surface area contributed by atoms with Crippen LogP contribution in [0.15, 0.2) is 60.7 Å². The lowest BCUT2D eigenvalue weighted by Gasteiger charge is -2.35. The normalized spacial score (nSPS) is 12.1. The molecule has 0 saturated heterocycles. The fourth-order valence-corrected chi connectivity index (χ4v) is 19.9. The van der Waals surface area contributed by atoms with Crippen LogP contribution >= 0.6 is 0 Å². The van der Waals surface area contributed by atoms with Crippen molar-refractivity contribution >= 4 is 36.0 Å². The SMILES string of the molecule is C[Si](C)C[Si](C[Si](C)C)(c1ccccc1)c1ccccc1. The van der Waals surface area contributed by atoms with E-state index in [1.54, 1.807) is 10.4 Å². The van der Waals surface area contributed by atoms with Crippen LogP contribution in [0.3, 0.4) is 0 Å². The fraction of sp³-hybridized carbons (Fsp3) is 0.333. The second kappa shape index (κ2) is 7.38. The maximum Gasteiger partial charge on any atom is 0.112 e. The van der Waals surface area contributed by atoms with Gasteiger partial charge in [0, 0.05) is 17.6 Å². The van der Waals surface area contributed by atoms with Gasteiger partial charge in [0.2, 0.25) is 0 Å². The van der Waals surface area contributed by atoms with E-state index in [9.17, 15) is 0 Å². The van der Waals surface area contributed by atoms with Gasteiger partial charge >= 0.3 is 0 Å². The Kier molecular flexibility index (Phi) is 5.79. The van der Waals surface area contributed by atoms with Crippen molar-refractivity contribution in [3.63, 3.8) is 0 Å². The summed E-state index contributed by atoms with van der Waals surface area (Å²) in [7, 11) is -2.09. The molecule has 0 aliphatic heterocycles. The highest BCUT2D eigenvalue weighted by Crippen LogP contribution is 2.20. The minimum absolute atomic E-state index is 0.252. The topological polar surface area (TPSA) is 0 Å². The maximum atomic E-state index is 2.48. The van der Waals surface area contributed by atoms with Gasteiger partial charge in [0.15, 0.2) is 0 Å². The molecule has 0 fully saturated rings.